The molecule has 2 heterocycles. The zero-order valence-electron chi connectivity index (χ0n) is 11.6. The van der Waals surface area contributed by atoms with Crippen molar-refractivity contribution in [2.45, 2.75) is 19.8 Å². The minimum atomic E-state index is -0.378. The Balaban J connectivity index is 2.32. The van der Waals surface area contributed by atoms with Crippen LogP contribution in [0.4, 0.5) is 4.39 Å². The van der Waals surface area contributed by atoms with Gasteiger partial charge in [-0.25, -0.2) is 4.39 Å². The molecule has 0 bridgehead atoms. The Hall–Kier alpha value is -2.63. The number of benzene rings is 1. The first-order chi connectivity index (χ1) is 9.99. The first-order valence-corrected chi connectivity index (χ1v) is 6.58. The van der Waals surface area contributed by atoms with Crippen molar-refractivity contribution in [2.75, 3.05) is 0 Å². The van der Waals surface area contributed by atoms with E-state index in [-0.39, 0.29) is 28.7 Å². The fourth-order valence-electron chi connectivity index (χ4n) is 2.41. The van der Waals surface area contributed by atoms with Crippen molar-refractivity contribution >= 4 is 5.65 Å². The Kier molecular flexibility index (Phi) is 3.01. The lowest BCUT2D eigenvalue weighted by atomic mass is 10.1. The van der Waals surface area contributed by atoms with Crippen molar-refractivity contribution in [1.82, 2.24) is 14.6 Å². The first kappa shape index (κ1) is 13.4. The van der Waals surface area contributed by atoms with Crippen LogP contribution >= 0.6 is 0 Å². The molecule has 0 amide bonds. The number of nitrogens with zero attached hydrogens (tertiary/aromatic N) is 2. The van der Waals surface area contributed by atoms with E-state index in [4.69, 9.17) is 0 Å². The molecule has 0 aliphatic heterocycles. The Morgan fingerprint density at radius 3 is 2.81 bits per heavy atom. The Bertz CT molecular complexity index is 880. The van der Waals surface area contributed by atoms with Gasteiger partial charge in [0.15, 0.2) is 0 Å². The Morgan fingerprint density at radius 1 is 1.38 bits per heavy atom. The van der Waals surface area contributed by atoms with Crippen LogP contribution in [0.3, 0.4) is 0 Å². The van der Waals surface area contributed by atoms with E-state index in [1.165, 1.54) is 22.8 Å². The Morgan fingerprint density at radius 2 is 2.14 bits per heavy atom. The van der Waals surface area contributed by atoms with E-state index < -0.39 is 0 Å². The molecule has 0 unspecified atom stereocenters. The minimum Gasteiger partial charge on any atom is -0.493 e. The number of aromatic amines is 1. The molecular weight excluding hydrogens is 273 g/mol. The number of nitrogens with one attached hydrogen (secondary N) is 1. The summed E-state index contributed by atoms with van der Waals surface area (Å²) in [4.78, 5) is 14.8. The van der Waals surface area contributed by atoms with Gasteiger partial charge in [-0.05, 0) is 23.6 Å². The molecule has 0 fully saturated rings. The number of fused-ring (bicyclic) bond motifs is 1. The van der Waals surface area contributed by atoms with E-state index in [0.717, 1.165) is 0 Å². The van der Waals surface area contributed by atoms with Gasteiger partial charge in [-0.3, -0.25) is 4.79 Å². The van der Waals surface area contributed by atoms with Gasteiger partial charge in [0.05, 0.1) is 11.8 Å². The second kappa shape index (κ2) is 4.73. The molecule has 2 N–H and O–H groups in total. The summed E-state index contributed by atoms with van der Waals surface area (Å²) in [5.41, 5.74) is 1.38. The molecule has 21 heavy (non-hydrogen) atoms. The molecule has 0 saturated carbocycles. The minimum absolute atomic E-state index is 0.139. The molecule has 2 aromatic heterocycles. The molecule has 108 valence electrons. The van der Waals surface area contributed by atoms with Gasteiger partial charge in [-0.1, -0.05) is 26.0 Å². The predicted octanol–water partition coefficient (Wildman–Crippen LogP) is 2.66. The first-order valence-electron chi connectivity index (χ1n) is 6.58. The maximum Gasteiger partial charge on any atom is 0.258 e. The lowest BCUT2D eigenvalue weighted by Gasteiger charge is -2.08. The van der Waals surface area contributed by atoms with Crippen LogP contribution in [-0.2, 0) is 0 Å². The van der Waals surface area contributed by atoms with Crippen LogP contribution in [0.25, 0.3) is 16.8 Å². The number of hydrogen-bond acceptors (Lipinski definition) is 3. The highest BCUT2D eigenvalue weighted by atomic mass is 19.1. The highest BCUT2D eigenvalue weighted by Gasteiger charge is 2.18. The van der Waals surface area contributed by atoms with Crippen LogP contribution in [0.5, 0.6) is 5.88 Å². The van der Waals surface area contributed by atoms with Crippen molar-refractivity contribution in [3.63, 3.8) is 0 Å². The van der Waals surface area contributed by atoms with E-state index in [1.54, 1.807) is 12.1 Å². The SMILES string of the molecule is CC(C)c1c(O)n2ncc(-c3cccc(F)c3)c2[nH]c1=O. The van der Waals surface area contributed by atoms with Crippen LogP contribution < -0.4 is 5.56 Å². The standard InChI is InChI=1S/C15H14FN3O2/c1-8(2)12-14(20)18-13-11(7-17-19(13)15(12)21)9-4-3-5-10(16)6-9/h3-8,21H,1-2H3,(H,18,20). The lowest BCUT2D eigenvalue weighted by molar-refractivity contribution is 0.423. The Labute approximate surface area is 119 Å². The van der Waals surface area contributed by atoms with Gasteiger partial charge < -0.3 is 10.1 Å². The molecule has 6 heteroatoms. The van der Waals surface area contributed by atoms with E-state index >= 15 is 0 Å². The van der Waals surface area contributed by atoms with E-state index in [9.17, 15) is 14.3 Å². The van der Waals surface area contributed by atoms with Crippen LogP contribution in [0.2, 0.25) is 0 Å². The van der Waals surface area contributed by atoms with E-state index in [1.807, 2.05) is 13.8 Å². The molecule has 0 saturated heterocycles. The number of aromatic hydroxyl groups is 1. The summed E-state index contributed by atoms with van der Waals surface area (Å²) in [6.45, 7) is 3.63. The number of aromatic nitrogens is 3. The summed E-state index contributed by atoms with van der Waals surface area (Å²) in [6.07, 6.45) is 1.49. The molecule has 5 nitrogen and oxygen atoms in total. The molecule has 0 aliphatic carbocycles. The maximum absolute atomic E-state index is 13.3. The third-order valence-corrected chi connectivity index (χ3v) is 3.40. The van der Waals surface area contributed by atoms with Crippen LogP contribution in [0, 0.1) is 5.82 Å². The van der Waals surface area contributed by atoms with Crippen molar-refractivity contribution in [3.05, 3.63) is 52.2 Å². The highest BCUT2D eigenvalue weighted by molar-refractivity contribution is 5.77. The normalized spacial score (nSPS) is 11.4. The number of rotatable bonds is 2. The van der Waals surface area contributed by atoms with Crippen LogP contribution in [-0.4, -0.2) is 19.7 Å². The monoisotopic (exact) mass is 287 g/mol. The third kappa shape index (κ3) is 2.08. The number of halogens is 1. The summed E-state index contributed by atoms with van der Waals surface area (Å²) in [6, 6.07) is 5.98. The van der Waals surface area contributed by atoms with Crippen molar-refractivity contribution in [2.24, 2.45) is 0 Å². The third-order valence-electron chi connectivity index (χ3n) is 3.40. The van der Waals surface area contributed by atoms with Gasteiger partial charge in [0, 0.05) is 5.56 Å². The molecule has 0 atom stereocenters. The second-order valence-corrected chi connectivity index (χ2v) is 5.18. The average molecular weight is 287 g/mol. The molecule has 0 aliphatic rings. The summed E-state index contributed by atoms with van der Waals surface area (Å²) in [5, 5.41) is 14.3. The van der Waals surface area contributed by atoms with Crippen LogP contribution in [0.1, 0.15) is 25.3 Å². The summed E-state index contributed by atoms with van der Waals surface area (Å²) in [7, 11) is 0. The molecule has 0 spiro atoms. The van der Waals surface area contributed by atoms with Crippen molar-refractivity contribution in [3.8, 4) is 17.0 Å². The summed E-state index contributed by atoms with van der Waals surface area (Å²) in [5.74, 6) is -0.705. The van der Waals surface area contributed by atoms with Gasteiger partial charge in [0.25, 0.3) is 5.56 Å². The lowest BCUT2D eigenvalue weighted by Crippen LogP contribution is -2.17. The molecule has 0 radical (unpaired) electrons. The fourth-order valence-corrected chi connectivity index (χ4v) is 2.41. The van der Waals surface area contributed by atoms with E-state index in [0.29, 0.717) is 16.8 Å². The van der Waals surface area contributed by atoms with Gasteiger partial charge in [0.1, 0.15) is 11.5 Å². The topological polar surface area (TPSA) is 70.4 Å². The maximum atomic E-state index is 13.3. The number of hydrogen-bond donors (Lipinski definition) is 2. The summed E-state index contributed by atoms with van der Waals surface area (Å²) < 4.78 is 14.6. The molecule has 3 aromatic rings. The quantitative estimate of drug-likeness (QED) is 0.761. The van der Waals surface area contributed by atoms with Gasteiger partial charge >= 0.3 is 0 Å². The van der Waals surface area contributed by atoms with Crippen molar-refractivity contribution in [1.29, 1.82) is 0 Å². The number of H-pyrrole nitrogens is 1. The van der Waals surface area contributed by atoms with E-state index in [2.05, 4.69) is 10.1 Å². The van der Waals surface area contributed by atoms with Gasteiger partial charge in [0.2, 0.25) is 5.88 Å². The largest absolute Gasteiger partial charge is 0.493 e. The predicted molar refractivity (Wildman–Crippen MR) is 77.0 cm³/mol. The second-order valence-electron chi connectivity index (χ2n) is 5.18. The zero-order valence-corrected chi connectivity index (χ0v) is 11.6. The fraction of sp³-hybridized carbons (Fsp3) is 0.200. The van der Waals surface area contributed by atoms with Gasteiger partial charge in [-0.2, -0.15) is 9.61 Å². The van der Waals surface area contributed by atoms with Crippen LogP contribution in [0.15, 0.2) is 35.3 Å². The zero-order chi connectivity index (χ0) is 15.1. The molecule has 3 rings (SSSR count). The molecular formula is C15H14FN3O2. The highest BCUT2D eigenvalue weighted by Crippen LogP contribution is 2.28. The van der Waals surface area contributed by atoms with Crippen molar-refractivity contribution < 1.29 is 9.50 Å². The van der Waals surface area contributed by atoms with Gasteiger partial charge in [-0.15, -0.1) is 0 Å². The smallest absolute Gasteiger partial charge is 0.258 e. The summed E-state index contributed by atoms with van der Waals surface area (Å²) >= 11 is 0. The average Bonchev–Trinajstić information content (AvgIpc) is 2.82. The molecule has 1 aromatic carbocycles.